The minimum atomic E-state index is -0.415. The Bertz CT molecular complexity index is 1120. The third kappa shape index (κ3) is 3.33. The number of carbonyl (C=O) groups is 1. The zero-order valence-corrected chi connectivity index (χ0v) is 15.4. The number of fused-ring (bicyclic) bond motifs is 1. The molecule has 0 aliphatic heterocycles. The van der Waals surface area contributed by atoms with E-state index in [1.807, 2.05) is 31.2 Å². The topological polar surface area (TPSA) is 56.7 Å². The van der Waals surface area contributed by atoms with E-state index in [4.69, 9.17) is 9.15 Å². The maximum atomic E-state index is 13.8. The van der Waals surface area contributed by atoms with Crippen LogP contribution in [0.1, 0.15) is 12.5 Å². The van der Waals surface area contributed by atoms with Crippen LogP contribution in [0.15, 0.2) is 69.4 Å². The van der Waals surface area contributed by atoms with Crippen LogP contribution in [-0.4, -0.2) is 15.4 Å². The Kier molecular flexibility index (Phi) is 4.45. The summed E-state index contributed by atoms with van der Waals surface area (Å²) in [6.45, 7) is 3.20. The normalized spacial score (nSPS) is 11.1. The van der Waals surface area contributed by atoms with Crippen LogP contribution in [0.25, 0.3) is 17.0 Å². The van der Waals surface area contributed by atoms with E-state index in [1.165, 1.54) is 37.2 Å². The van der Waals surface area contributed by atoms with Crippen molar-refractivity contribution < 1.29 is 18.3 Å². The number of halogens is 1. The molecule has 0 fully saturated rings. The summed E-state index contributed by atoms with van der Waals surface area (Å²) >= 11 is 1.46. The molecule has 0 atom stereocenters. The number of pyridine rings is 1. The predicted molar refractivity (Wildman–Crippen MR) is 99.5 cm³/mol. The molecule has 0 aliphatic carbocycles. The summed E-state index contributed by atoms with van der Waals surface area (Å²) in [5.74, 6) is 0.214. The Morgan fingerprint density at radius 3 is 2.67 bits per heavy atom. The lowest BCUT2D eigenvalue weighted by atomic mass is 10.2. The summed E-state index contributed by atoms with van der Waals surface area (Å²) in [6.07, 6.45) is 4.51. The van der Waals surface area contributed by atoms with E-state index in [2.05, 4.69) is 4.98 Å². The number of aromatic nitrogens is 2. The first-order valence-electron chi connectivity index (χ1n) is 8.19. The molecule has 0 N–H and O–H groups in total. The fourth-order valence-corrected chi connectivity index (χ4v) is 3.83. The number of benzene rings is 1. The molecule has 0 bridgehead atoms. The van der Waals surface area contributed by atoms with Gasteiger partial charge in [0.15, 0.2) is 5.75 Å². The molecular formula is C20H15FN2O3S. The Hall–Kier alpha value is -3.06. The van der Waals surface area contributed by atoms with E-state index < -0.39 is 5.97 Å². The number of carbonyl (C=O) groups excluding carboxylic acids is 1. The van der Waals surface area contributed by atoms with Gasteiger partial charge < -0.3 is 13.6 Å². The van der Waals surface area contributed by atoms with Crippen molar-refractivity contribution in [3.63, 3.8) is 0 Å². The van der Waals surface area contributed by atoms with Crippen LogP contribution in [0.4, 0.5) is 4.39 Å². The van der Waals surface area contributed by atoms with E-state index in [0.29, 0.717) is 17.2 Å². The summed E-state index contributed by atoms with van der Waals surface area (Å²) in [5, 5.41) is 0.782. The third-order valence-corrected chi connectivity index (χ3v) is 5.22. The monoisotopic (exact) mass is 382 g/mol. The zero-order valence-electron chi connectivity index (χ0n) is 14.6. The maximum absolute atomic E-state index is 13.8. The summed E-state index contributed by atoms with van der Waals surface area (Å²) < 4.78 is 26.2. The average Bonchev–Trinajstić information content (AvgIpc) is 3.26. The van der Waals surface area contributed by atoms with Gasteiger partial charge in [0.1, 0.15) is 12.1 Å². The van der Waals surface area contributed by atoms with Gasteiger partial charge in [-0.05, 0) is 43.3 Å². The highest BCUT2D eigenvalue weighted by molar-refractivity contribution is 7.99. The fraction of sp³-hybridized carbons (Fsp3) is 0.100. The van der Waals surface area contributed by atoms with Crippen molar-refractivity contribution in [3.8, 4) is 17.2 Å². The maximum Gasteiger partial charge on any atom is 0.308 e. The van der Waals surface area contributed by atoms with Gasteiger partial charge in [-0.3, -0.25) is 4.79 Å². The van der Waals surface area contributed by atoms with Gasteiger partial charge in [0.2, 0.25) is 5.89 Å². The predicted octanol–water partition coefficient (Wildman–Crippen LogP) is 5.12. The van der Waals surface area contributed by atoms with Gasteiger partial charge in [0, 0.05) is 29.1 Å². The van der Waals surface area contributed by atoms with Crippen LogP contribution in [-0.2, 0) is 4.79 Å². The molecule has 1 aromatic carbocycles. The average molecular weight is 382 g/mol. The largest absolute Gasteiger partial charge is 0.445 e. The molecule has 0 spiro atoms. The van der Waals surface area contributed by atoms with E-state index in [-0.39, 0.29) is 5.82 Å². The zero-order chi connectivity index (χ0) is 19.0. The molecular weight excluding hydrogens is 367 g/mol. The smallest absolute Gasteiger partial charge is 0.308 e. The molecule has 0 amide bonds. The number of oxazole rings is 1. The van der Waals surface area contributed by atoms with Gasteiger partial charge in [-0.15, -0.1) is 0 Å². The Morgan fingerprint density at radius 2 is 2.00 bits per heavy atom. The van der Waals surface area contributed by atoms with Gasteiger partial charge in [-0.2, -0.15) is 0 Å². The summed E-state index contributed by atoms with van der Waals surface area (Å²) in [5.41, 5.74) is 2.29. The van der Waals surface area contributed by atoms with E-state index in [0.717, 1.165) is 21.0 Å². The second-order valence-electron chi connectivity index (χ2n) is 5.92. The standard InChI is InChI=1S/C20H15FN2O3S/c1-12-18(26-13(2)24)17-8-5-15(21)11-23(17)20(12)27-16-6-3-14(4-7-16)19-22-9-10-25-19/h3-11H,1-2H3. The van der Waals surface area contributed by atoms with E-state index in [9.17, 15) is 9.18 Å². The van der Waals surface area contributed by atoms with Crippen LogP contribution >= 0.6 is 11.8 Å². The molecule has 0 saturated heterocycles. The number of hydrogen-bond donors (Lipinski definition) is 0. The van der Waals surface area contributed by atoms with Gasteiger partial charge in [-0.1, -0.05) is 11.8 Å². The fourth-order valence-electron chi connectivity index (χ4n) is 2.84. The number of esters is 1. The SMILES string of the molecule is CC(=O)Oc1c(C)c(Sc2ccc(-c3ncco3)cc2)n2cc(F)ccc12. The number of hydrogen-bond acceptors (Lipinski definition) is 5. The van der Waals surface area contributed by atoms with Crippen molar-refractivity contribution in [2.24, 2.45) is 0 Å². The molecule has 0 saturated carbocycles. The Morgan fingerprint density at radius 1 is 1.22 bits per heavy atom. The second kappa shape index (κ2) is 6.92. The van der Waals surface area contributed by atoms with Crippen LogP contribution < -0.4 is 4.74 Å². The molecule has 136 valence electrons. The molecule has 7 heteroatoms. The minimum Gasteiger partial charge on any atom is -0.445 e. The highest BCUT2D eigenvalue weighted by Gasteiger charge is 2.19. The number of rotatable bonds is 4. The molecule has 0 unspecified atom stereocenters. The van der Waals surface area contributed by atoms with Crippen molar-refractivity contribution >= 4 is 23.2 Å². The van der Waals surface area contributed by atoms with Gasteiger partial charge in [0.25, 0.3) is 0 Å². The quantitative estimate of drug-likeness (QED) is 0.459. The third-order valence-electron chi connectivity index (χ3n) is 4.02. The second-order valence-corrected chi connectivity index (χ2v) is 6.98. The summed E-state index contributed by atoms with van der Waals surface area (Å²) in [7, 11) is 0. The van der Waals surface area contributed by atoms with E-state index in [1.54, 1.807) is 16.7 Å². The highest BCUT2D eigenvalue weighted by Crippen LogP contribution is 2.40. The van der Waals surface area contributed by atoms with Crippen molar-refractivity contribution in [2.75, 3.05) is 0 Å². The molecule has 3 aromatic heterocycles. The Balaban J connectivity index is 1.74. The molecule has 4 aromatic rings. The van der Waals surface area contributed by atoms with Crippen molar-refractivity contribution in [1.82, 2.24) is 9.38 Å². The molecule has 5 nitrogen and oxygen atoms in total. The molecule has 0 radical (unpaired) electrons. The summed E-state index contributed by atoms with van der Waals surface area (Å²) in [4.78, 5) is 16.5. The van der Waals surface area contributed by atoms with Crippen molar-refractivity contribution in [1.29, 1.82) is 0 Å². The van der Waals surface area contributed by atoms with Crippen LogP contribution in [0.3, 0.4) is 0 Å². The first-order chi connectivity index (χ1) is 13.0. The molecule has 4 rings (SSSR count). The number of ether oxygens (including phenoxy) is 1. The van der Waals surface area contributed by atoms with Crippen LogP contribution in [0.5, 0.6) is 5.75 Å². The highest BCUT2D eigenvalue weighted by atomic mass is 32.2. The van der Waals surface area contributed by atoms with Gasteiger partial charge >= 0.3 is 5.97 Å². The van der Waals surface area contributed by atoms with E-state index >= 15 is 0 Å². The van der Waals surface area contributed by atoms with Crippen molar-refractivity contribution in [2.45, 2.75) is 23.8 Å². The first kappa shape index (κ1) is 17.4. The molecule has 0 aliphatic rings. The van der Waals surface area contributed by atoms with Gasteiger partial charge in [0.05, 0.1) is 16.7 Å². The lowest BCUT2D eigenvalue weighted by Gasteiger charge is -2.05. The summed E-state index contributed by atoms with van der Waals surface area (Å²) in [6, 6.07) is 10.7. The first-order valence-corrected chi connectivity index (χ1v) is 9.01. The lowest BCUT2D eigenvalue weighted by Crippen LogP contribution is -2.01. The Labute approximate surface area is 158 Å². The molecule has 3 heterocycles. The number of nitrogens with zero attached hydrogens (tertiary/aromatic N) is 2. The van der Waals surface area contributed by atoms with Crippen molar-refractivity contribution in [3.05, 3.63) is 66.4 Å². The minimum absolute atomic E-state index is 0.368. The van der Waals surface area contributed by atoms with Crippen LogP contribution in [0.2, 0.25) is 0 Å². The van der Waals surface area contributed by atoms with Gasteiger partial charge in [-0.25, -0.2) is 9.37 Å². The molecule has 27 heavy (non-hydrogen) atoms. The lowest BCUT2D eigenvalue weighted by molar-refractivity contribution is -0.131. The van der Waals surface area contributed by atoms with Crippen LogP contribution in [0, 0.1) is 12.7 Å².